The molecule has 1 atom stereocenters. The van der Waals surface area contributed by atoms with Gasteiger partial charge < -0.3 is 5.32 Å². The van der Waals surface area contributed by atoms with Gasteiger partial charge in [-0.2, -0.15) is 0 Å². The zero-order chi connectivity index (χ0) is 12.3. The molecule has 0 saturated heterocycles. The van der Waals surface area contributed by atoms with Crippen LogP contribution in [0.4, 0.5) is 5.82 Å². The highest BCUT2D eigenvalue weighted by Crippen LogP contribution is 2.28. The summed E-state index contributed by atoms with van der Waals surface area (Å²) >= 11 is 9.29. The van der Waals surface area contributed by atoms with Crippen molar-refractivity contribution >= 4 is 44.1 Å². The van der Waals surface area contributed by atoms with Gasteiger partial charge in [0.25, 0.3) is 0 Å². The van der Waals surface area contributed by atoms with Crippen LogP contribution in [0.25, 0.3) is 10.8 Å². The lowest BCUT2D eigenvalue weighted by Crippen LogP contribution is -2.16. The molecule has 0 spiro atoms. The van der Waals surface area contributed by atoms with Crippen LogP contribution in [0.3, 0.4) is 0 Å². The molecule has 0 radical (unpaired) electrons. The Kier molecular flexibility index (Phi) is 4.24. The van der Waals surface area contributed by atoms with Gasteiger partial charge >= 0.3 is 0 Å². The van der Waals surface area contributed by atoms with Gasteiger partial charge in [0.1, 0.15) is 5.82 Å². The van der Waals surface area contributed by atoms with Gasteiger partial charge in [0.05, 0.1) is 0 Å². The van der Waals surface area contributed by atoms with Gasteiger partial charge in [-0.1, -0.05) is 28.1 Å². The average Bonchev–Trinajstić information content (AvgIpc) is 2.31. The lowest BCUT2D eigenvalue weighted by molar-refractivity contribution is 0.765. The third-order valence-corrected chi connectivity index (χ3v) is 3.59. The van der Waals surface area contributed by atoms with Gasteiger partial charge in [-0.3, -0.25) is 0 Å². The topological polar surface area (TPSA) is 24.9 Å². The van der Waals surface area contributed by atoms with Crippen LogP contribution in [0.2, 0.25) is 0 Å². The molecule has 0 bridgehead atoms. The van der Waals surface area contributed by atoms with Crippen molar-refractivity contribution < 1.29 is 0 Å². The molecule has 1 aromatic carbocycles. The van der Waals surface area contributed by atoms with Crippen molar-refractivity contribution in [1.82, 2.24) is 4.98 Å². The third kappa shape index (κ3) is 2.90. The van der Waals surface area contributed by atoms with Crippen molar-refractivity contribution in [2.45, 2.75) is 19.4 Å². The van der Waals surface area contributed by atoms with E-state index >= 15 is 0 Å². The summed E-state index contributed by atoms with van der Waals surface area (Å²) in [6, 6.07) is 8.46. The quantitative estimate of drug-likeness (QED) is 0.845. The fourth-order valence-corrected chi connectivity index (χ4v) is 2.58. The highest BCUT2D eigenvalue weighted by molar-refractivity contribution is 9.10. The van der Waals surface area contributed by atoms with E-state index in [4.69, 9.17) is 11.6 Å². The number of nitrogens with one attached hydrogen (secondary N) is 1. The molecule has 2 nitrogen and oxygen atoms in total. The van der Waals surface area contributed by atoms with Crippen molar-refractivity contribution in [2.75, 3.05) is 11.2 Å². The number of nitrogens with zero attached hydrogens (tertiary/aromatic N) is 1. The molecule has 0 aliphatic heterocycles. The van der Waals surface area contributed by atoms with Crippen molar-refractivity contribution in [1.29, 1.82) is 0 Å². The molecule has 1 heterocycles. The van der Waals surface area contributed by atoms with Gasteiger partial charge in [0, 0.05) is 33.4 Å². The minimum atomic E-state index is 0.324. The fraction of sp³-hybridized carbons (Fsp3) is 0.308. The Morgan fingerprint density at radius 1 is 1.35 bits per heavy atom. The molecule has 1 N–H and O–H groups in total. The van der Waals surface area contributed by atoms with Crippen LogP contribution in [0.5, 0.6) is 0 Å². The summed E-state index contributed by atoms with van der Waals surface area (Å²) in [7, 11) is 0. The predicted octanol–water partition coefficient (Wildman–Crippen LogP) is 4.43. The number of hydrogen-bond donors (Lipinski definition) is 1. The SMILES string of the molecule is CC(CCCl)Nc1nccc2c(Br)cccc12. The Morgan fingerprint density at radius 2 is 2.18 bits per heavy atom. The van der Waals surface area contributed by atoms with E-state index in [1.165, 1.54) is 5.39 Å². The summed E-state index contributed by atoms with van der Waals surface area (Å²) in [6.07, 6.45) is 2.75. The maximum Gasteiger partial charge on any atom is 0.134 e. The van der Waals surface area contributed by atoms with Crippen molar-refractivity contribution in [3.8, 4) is 0 Å². The molecule has 1 aromatic heterocycles. The van der Waals surface area contributed by atoms with Gasteiger partial charge in [0.2, 0.25) is 0 Å². The first-order valence-corrected chi connectivity index (χ1v) is 6.91. The van der Waals surface area contributed by atoms with Crippen LogP contribution < -0.4 is 5.32 Å². The summed E-state index contributed by atoms with van der Waals surface area (Å²) in [6.45, 7) is 2.11. The van der Waals surface area contributed by atoms with E-state index in [1.807, 2.05) is 24.4 Å². The molecule has 17 heavy (non-hydrogen) atoms. The van der Waals surface area contributed by atoms with E-state index < -0.39 is 0 Å². The molecule has 2 aromatic rings. The highest BCUT2D eigenvalue weighted by atomic mass is 79.9. The molecule has 1 unspecified atom stereocenters. The minimum absolute atomic E-state index is 0.324. The number of anilines is 1. The van der Waals surface area contributed by atoms with Crippen LogP contribution in [0.15, 0.2) is 34.9 Å². The third-order valence-electron chi connectivity index (χ3n) is 2.68. The number of aromatic nitrogens is 1. The maximum atomic E-state index is 5.74. The smallest absolute Gasteiger partial charge is 0.134 e. The average molecular weight is 314 g/mol. The molecule has 0 amide bonds. The lowest BCUT2D eigenvalue weighted by Gasteiger charge is -2.15. The largest absolute Gasteiger partial charge is 0.367 e. The normalized spacial score (nSPS) is 12.6. The van der Waals surface area contributed by atoms with Crippen LogP contribution in [-0.4, -0.2) is 16.9 Å². The molecular weight excluding hydrogens is 300 g/mol. The number of hydrogen-bond acceptors (Lipinski definition) is 2. The Hall–Kier alpha value is -0.800. The summed E-state index contributed by atoms with van der Waals surface area (Å²) in [5.41, 5.74) is 0. The molecular formula is C13H14BrClN2. The number of rotatable bonds is 4. The first kappa shape index (κ1) is 12.7. The van der Waals surface area contributed by atoms with Crippen molar-refractivity contribution in [3.63, 3.8) is 0 Å². The molecule has 2 rings (SSSR count). The van der Waals surface area contributed by atoms with Crippen molar-refractivity contribution in [2.24, 2.45) is 0 Å². The van der Waals surface area contributed by atoms with E-state index in [0.29, 0.717) is 11.9 Å². The van der Waals surface area contributed by atoms with E-state index in [1.54, 1.807) is 0 Å². The summed E-state index contributed by atoms with van der Waals surface area (Å²) < 4.78 is 1.09. The monoisotopic (exact) mass is 312 g/mol. The van der Waals surface area contributed by atoms with Gasteiger partial charge in [-0.25, -0.2) is 4.98 Å². The van der Waals surface area contributed by atoms with Gasteiger partial charge in [-0.05, 0) is 25.5 Å². The molecule has 0 aliphatic carbocycles. The zero-order valence-electron chi connectivity index (χ0n) is 9.58. The number of benzene rings is 1. The van der Waals surface area contributed by atoms with E-state index in [2.05, 4.69) is 39.2 Å². The van der Waals surface area contributed by atoms with Crippen LogP contribution in [0.1, 0.15) is 13.3 Å². The van der Waals surface area contributed by atoms with Crippen LogP contribution in [0, 0.1) is 0 Å². The molecule has 0 aliphatic rings. The van der Waals surface area contributed by atoms with Crippen LogP contribution in [-0.2, 0) is 0 Å². The Balaban J connectivity index is 2.37. The molecule has 0 saturated carbocycles. The van der Waals surface area contributed by atoms with Gasteiger partial charge in [-0.15, -0.1) is 11.6 Å². The molecule has 90 valence electrons. The van der Waals surface area contributed by atoms with E-state index in [9.17, 15) is 0 Å². The lowest BCUT2D eigenvalue weighted by atomic mass is 10.1. The van der Waals surface area contributed by atoms with Gasteiger partial charge in [0.15, 0.2) is 0 Å². The highest BCUT2D eigenvalue weighted by Gasteiger charge is 2.07. The summed E-state index contributed by atoms with van der Waals surface area (Å²) in [4.78, 5) is 4.40. The first-order valence-electron chi connectivity index (χ1n) is 5.58. The zero-order valence-corrected chi connectivity index (χ0v) is 11.9. The predicted molar refractivity (Wildman–Crippen MR) is 77.9 cm³/mol. The second kappa shape index (κ2) is 5.69. The second-order valence-electron chi connectivity index (χ2n) is 4.02. The molecule has 4 heteroatoms. The number of fused-ring (bicyclic) bond motifs is 1. The van der Waals surface area contributed by atoms with Crippen molar-refractivity contribution in [3.05, 3.63) is 34.9 Å². The minimum Gasteiger partial charge on any atom is -0.367 e. The van der Waals surface area contributed by atoms with E-state index in [-0.39, 0.29) is 0 Å². The summed E-state index contributed by atoms with van der Waals surface area (Å²) in [5.74, 6) is 1.57. The fourth-order valence-electron chi connectivity index (χ4n) is 1.75. The number of halogens is 2. The van der Waals surface area contributed by atoms with E-state index in [0.717, 1.165) is 22.1 Å². The maximum absolute atomic E-state index is 5.74. The number of pyridine rings is 1. The summed E-state index contributed by atoms with van der Waals surface area (Å²) in [5, 5.41) is 5.69. The van der Waals surface area contributed by atoms with Crippen LogP contribution >= 0.6 is 27.5 Å². The Bertz CT molecular complexity index is 516. The number of alkyl halides is 1. The molecule has 0 fully saturated rings. The Morgan fingerprint density at radius 3 is 2.94 bits per heavy atom. The second-order valence-corrected chi connectivity index (χ2v) is 5.25. The first-order chi connectivity index (χ1) is 8.22. The Labute approximate surface area is 115 Å². The standard InChI is InChI=1S/C13H14BrClN2/c1-9(5-7-15)17-13-11-3-2-4-12(14)10(11)6-8-16-13/h2-4,6,8-9H,5,7H2,1H3,(H,16,17).